The maximum atomic E-state index is 12.5. The predicted molar refractivity (Wildman–Crippen MR) is 65.9 cm³/mol. The van der Waals surface area contributed by atoms with Gasteiger partial charge >= 0.3 is 5.97 Å². The highest BCUT2D eigenvalue weighted by Gasteiger charge is 2.55. The molecule has 18 heavy (non-hydrogen) atoms. The number of carbonyl (C=O) groups excluding carboxylic acids is 1. The summed E-state index contributed by atoms with van der Waals surface area (Å²) in [4.78, 5) is 12.5. The van der Waals surface area contributed by atoms with Crippen molar-refractivity contribution in [2.24, 2.45) is 23.2 Å². The van der Waals surface area contributed by atoms with Crippen molar-refractivity contribution in [1.82, 2.24) is 0 Å². The third kappa shape index (κ3) is 1.70. The molecule has 1 saturated heterocycles. The van der Waals surface area contributed by atoms with E-state index in [2.05, 4.69) is 0 Å². The van der Waals surface area contributed by atoms with Crippen LogP contribution in [0.25, 0.3) is 0 Å². The van der Waals surface area contributed by atoms with Crippen LogP contribution in [-0.2, 0) is 14.3 Å². The summed E-state index contributed by atoms with van der Waals surface area (Å²) < 4.78 is 10.9. The van der Waals surface area contributed by atoms with Crippen molar-refractivity contribution in [2.45, 2.75) is 51.0 Å². The highest BCUT2D eigenvalue weighted by molar-refractivity contribution is 5.77. The van der Waals surface area contributed by atoms with Crippen molar-refractivity contribution in [1.29, 1.82) is 0 Å². The van der Waals surface area contributed by atoms with Gasteiger partial charge in [0, 0.05) is 13.0 Å². The van der Waals surface area contributed by atoms with Gasteiger partial charge in [-0.3, -0.25) is 4.79 Å². The molecule has 0 aromatic carbocycles. The van der Waals surface area contributed by atoms with E-state index in [1.54, 1.807) is 0 Å². The quantitative estimate of drug-likeness (QED) is 0.722. The van der Waals surface area contributed by atoms with Gasteiger partial charge in [-0.1, -0.05) is 0 Å². The van der Waals surface area contributed by atoms with Gasteiger partial charge in [-0.05, 0) is 56.3 Å². The molecule has 1 aliphatic heterocycles. The van der Waals surface area contributed by atoms with E-state index in [1.165, 1.54) is 19.3 Å². The zero-order valence-electron chi connectivity index (χ0n) is 10.9. The smallest absolute Gasteiger partial charge is 0.312 e. The number of hydrogen-bond donors (Lipinski definition) is 0. The minimum Gasteiger partial charge on any atom is -0.463 e. The average molecular weight is 250 g/mol. The summed E-state index contributed by atoms with van der Waals surface area (Å²) in [7, 11) is 0. The lowest BCUT2D eigenvalue weighted by atomic mass is 9.49. The van der Waals surface area contributed by atoms with E-state index in [9.17, 15) is 4.79 Å². The molecule has 1 heterocycles. The first-order valence-corrected chi connectivity index (χ1v) is 7.52. The Balaban J connectivity index is 1.44. The minimum atomic E-state index is -0.0987. The topological polar surface area (TPSA) is 35.5 Å². The highest BCUT2D eigenvalue weighted by atomic mass is 16.6. The van der Waals surface area contributed by atoms with Gasteiger partial charge < -0.3 is 9.47 Å². The molecule has 100 valence electrons. The van der Waals surface area contributed by atoms with Gasteiger partial charge in [0.05, 0.1) is 11.5 Å². The summed E-state index contributed by atoms with van der Waals surface area (Å²) >= 11 is 0. The molecule has 0 N–H and O–H groups in total. The summed E-state index contributed by atoms with van der Waals surface area (Å²) in [5.74, 6) is 2.52. The first kappa shape index (κ1) is 11.3. The van der Waals surface area contributed by atoms with Crippen LogP contribution in [0, 0.1) is 23.2 Å². The Kier molecular flexibility index (Phi) is 2.48. The Bertz CT molecular complexity index is 323. The maximum Gasteiger partial charge on any atom is 0.312 e. The molecule has 0 aromatic rings. The molecule has 0 radical (unpaired) electrons. The van der Waals surface area contributed by atoms with E-state index < -0.39 is 0 Å². The molecule has 1 atom stereocenters. The fraction of sp³-hybridized carbons (Fsp3) is 0.933. The molecule has 0 spiro atoms. The second kappa shape index (κ2) is 3.96. The van der Waals surface area contributed by atoms with Gasteiger partial charge in [0.15, 0.2) is 0 Å². The third-order valence-corrected chi connectivity index (χ3v) is 5.66. The lowest BCUT2D eigenvalue weighted by Gasteiger charge is -2.55. The Morgan fingerprint density at radius 3 is 2.11 bits per heavy atom. The number of esters is 1. The van der Waals surface area contributed by atoms with Gasteiger partial charge in [-0.2, -0.15) is 0 Å². The average Bonchev–Trinajstić information content (AvgIpc) is 2.24. The maximum absolute atomic E-state index is 12.5. The van der Waals surface area contributed by atoms with E-state index in [-0.39, 0.29) is 17.5 Å². The molecule has 4 saturated carbocycles. The molecule has 0 aromatic heterocycles. The molecule has 5 fully saturated rings. The summed E-state index contributed by atoms with van der Waals surface area (Å²) in [6, 6.07) is 0. The van der Waals surface area contributed by atoms with Crippen LogP contribution in [-0.4, -0.2) is 25.3 Å². The van der Waals surface area contributed by atoms with Crippen molar-refractivity contribution >= 4 is 5.97 Å². The van der Waals surface area contributed by atoms with Crippen LogP contribution >= 0.6 is 0 Å². The molecule has 3 nitrogen and oxygen atoms in total. The predicted octanol–water partition coefficient (Wildman–Crippen LogP) is 2.53. The van der Waals surface area contributed by atoms with Crippen LogP contribution in [0.5, 0.6) is 0 Å². The summed E-state index contributed by atoms with van der Waals surface area (Å²) in [5, 5.41) is 0. The third-order valence-electron chi connectivity index (χ3n) is 5.66. The van der Waals surface area contributed by atoms with Crippen LogP contribution in [0.2, 0.25) is 0 Å². The van der Waals surface area contributed by atoms with Crippen molar-refractivity contribution in [2.75, 3.05) is 13.2 Å². The number of ether oxygens (including phenoxy) is 2. The Morgan fingerprint density at radius 1 is 1.11 bits per heavy atom. The highest BCUT2D eigenvalue weighted by Crippen LogP contribution is 2.60. The van der Waals surface area contributed by atoms with Gasteiger partial charge in [-0.15, -0.1) is 0 Å². The fourth-order valence-corrected chi connectivity index (χ4v) is 5.10. The SMILES string of the molecule is O=C(OCC1CCO1)C12CC3CC(CC(C3)C1)C2. The standard InChI is InChI=1S/C15H22O3/c16-14(18-9-13-1-2-17-13)15-6-10-3-11(7-15)5-12(4-10)8-15/h10-13H,1-9H2. The molecule has 5 rings (SSSR count). The lowest BCUT2D eigenvalue weighted by Crippen LogP contribution is -2.51. The van der Waals surface area contributed by atoms with Crippen LogP contribution in [0.4, 0.5) is 0 Å². The fourth-order valence-electron chi connectivity index (χ4n) is 5.10. The summed E-state index contributed by atoms with van der Waals surface area (Å²) in [6.07, 6.45) is 8.65. The van der Waals surface area contributed by atoms with E-state index >= 15 is 0 Å². The number of rotatable bonds is 3. The molecule has 5 aliphatic rings. The first-order valence-electron chi connectivity index (χ1n) is 7.52. The van der Waals surface area contributed by atoms with E-state index in [0.29, 0.717) is 6.61 Å². The molecule has 4 aliphatic carbocycles. The normalized spacial score (nSPS) is 48.9. The number of hydrogen-bond acceptors (Lipinski definition) is 3. The molecular formula is C15H22O3. The van der Waals surface area contributed by atoms with Crippen LogP contribution in [0.3, 0.4) is 0 Å². The molecule has 1 unspecified atom stereocenters. The summed E-state index contributed by atoms with van der Waals surface area (Å²) in [6.45, 7) is 1.32. The molecule has 0 amide bonds. The van der Waals surface area contributed by atoms with Crippen molar-refractivity contribution in [3.05, 3.63) is 0 Å². The molecule has 3 heteroatoms. The van der Waals surface area contributed by atoms with Crippen molar-refractivity contribution in [3.63, 3.8) is 0 Å². The zero-order valence-corrected chi connectivity index (χ0v) is 10.9. The van der Waals surface area contributed by atoms with Crippen LogP contribution in [0.1, 0.15) is 44.9 Å². The molecule has 4 bridgehead atoms. The largest absolute Gasteiger partial charge is 0.463 e. The van der Waals surface area contributed by atoms with Crippen molar-refractivity contribution < 1.29 is 14.3 Å². The van der Waals surface area contributed by atoms with E-state index in [4.69, 9.17) is 9.47 Å². The van der Waals surface area contributed by atoms with Gasteiger partial charge in [0.2, 0.25) is 0 Å². The first-order chi connectivity index (χ1) is 8.73. The Labute approximate surface area is 108 Å². The molecular weight excluding hydrogens is 228 g/mol. The van der Waals surface area contributed by atoms with Crippen LogP contribution < -0.4 is 0 Å². The zero-order chi connectivity index (χ0) is 12.2. The summed E-state index contributed by atoms with van der Waals surface area (Å²) in [5.41, 5.74) is -0.0987. The second-order valence-electron chi connectivity index (χ2n) is 7.08. The second-order valence-corrected chi connectivity index (χ2v) is 7.08. The van der Waals surface area contributed by atoms with E-state index in [1.807, 2.05) is 0 Å². The van der Waals surface area contributed by atoms with Gasteiger partial charge in [0.25, 0.3) is 0 Å². The van der Waals surface area contributed by atoms with Crippen molar-refractivity contribution in [3.8, 4) is 0 Å². The Hall–Kier alpha value is -0.570. The van der Waals surface area contributed by atoms with Crippen LogP contribution in [0.15, 0.2) is 0 Å². The minimum absolute atomic E-state index is 0.0945. The monoisotopic (exact) mass is 250 g/mol. The van der Waals surface area contributed by atoms with Gasteiger partial charge in [-0.25, -0.2) is 0 Å². The van der Waals surface area contributed by atoms with E-state index in [0.717, 1.165) is 50.0 Å². The number of carbonyl (C=O) groups is 1. The lowest BCUT2D eigenvalue weighted by molar-refractivity contribution is -0.180. The van der Waals surface area contributed by atoms with Gasteiger partial charge in [0.1, 0.15) is 6.61 Å². The Morgan fingerprint density at radius 2 is 1.67 bits per heavy atom.